The van der Waals surface area contributed by atoms with E-state index in [2.05, 4.69) is 0 Å². The van der Waals surface area contributed by atoms with Crippen LogP contribution in [0.2, 0.25) is 0 Å². The molecule has 0 unspecified atom stereocenters. The van der Waals surface area contributed by atoms with Crippen LogP contribution in [0.5, 0.6) is 0 Å². The molecule has 0 radical (unpaired) electrons. The van der Waals surface area contributed by atoms with Crippen molar-refractivity contribution < 1.29 is 23.9 Å². The summed E-state index contributed by atoms with van der Waals surface area (Å²) in [5.74, 6) is 0. The van der Waals surface area contributed by atoms with Crippen molar-refractivity contribution in [2.75, 3.05) is 0 Å². The predicted molar refractivity (Wildman–Crippen MR) is 89.7 cm³/mol. The normalized spacial score (nSPS) is 30.7. The SMILES string of the molecule is CC1(C)OB(c2ccc(C3(OC(N)=O)CC(O)C3)cc2)OC1(C)C. The molecule has 130 valence electrons. The molecule has 0 aromatic heterocycles. The van der Waals surface area contributed by atoms with Gasteiger partial charge in [-0.15, -0.1) is 0 Å². The number of hydrogen-bond donors (Lipinski definition) is 2. The fourth-order valence-electron chi connectivity index (χ4n) is 3.20. The van der Waals surface area contributed by atoms with Gasteiger partial charge in [0.2, 0.25) is 0 Å². The van der Waals surface area contributed by atoms with Gasteiger partial charge in [0.25, 0.3) is 0 Å². The molecule has 1 aliphatic heterocycles. The molecule has 0 atom stereocenters. The lowest BCUT2D eigenvalue weighted by Gasteiger charge is -2.44. The van der Waals surface area contributed by atoms with Crippen molar-refractivity contribution in [3.05, 3.63) is 29.8 Å². The van der Waals surface area contributed by atoms with Crippen LogP contribution in [0.25, 0.3) is 0 Å². The zero-order valence-corrected chi connectivity index (χ0v) is 14.5. The largest absolute Gasteiger partial charge is 0.494 e. The highest BCUT2D eigenvalue weighted by Gasteiger charge is 2.52. The highest BCUT2D eigenvalue weighted by molar-refractivity contribution is 6.62. The van der Waals surface area contributed by atoms with Gasteiger partial charge in [0, 0.05) is 12.8 Å². The Balaban J connectivity index is 1.80. The maximum Gasteiger partial charge on any atom is 0.494 e. The molecule has 1 saturated carbocycles. The molecule has 1 aromatic rings. The number of aliphatic hydroxyl groups is 1. The molecule has 1 heterocycles. The van der Waals surface area contributed by atoms with Crippen molar-refractivity contribution in [2.45, 2.75) is 63.4 Å². The van der Waals surface area contributed by atoms with Gasteiger partial charge >= 0.3 is 13.2 Å². The summed E-state index contributed by atoms with van der Waals surface area (Å²) in [7, 11) is -0.441. The van der Waals surface area contributed by atoms with Crippen molar-refractivity contribution >= 4 is 18.7 Å². The molecule has 1 aromatic carbocycles. The lowest BCUT2D eigenvalue weighted by Crippen LogP contribution is -2.49. The third-order valence-corrected chi connectivity index (χ3v) is 5.39. The summed E-state index contributed by atoms with van der Waals surface area (Å²) >= 11 is 0. The minimum atomic E-state index is -0.836. The highest BCUT2D eigenvalue weighted by Crippen LogP contribution is 2.45. The van der Waals surface area contributed by atoms with E-state index in [9.17, 15) is 9.90 Å². The summed E-state index contributed by atoms with van der Waals surface area (Å²) in [6.45, 7) is 8.03. The zero-order valence-electron chi connectivity index (χ0n) is 14.5. The van der Waals surface area contributed by atoms with Gasteiger partial charge < -0.3 is 24.9 Å². The molecule has 2 aliphatic rings. The molecule has 0 bridgehead atoms. The first-order chi connectivity index (χ1) is 11.0. The summed E-state index contributed by atoms with van der Waals surface area (Å²) in [5.41, 5.74) is 5.25. The number of primary amides is 1. The standard InChI is InChI=1S/C17H24BNO5/c1-15(2)16(3,4)24-18(23-15)12-7-5-11(6-8-12)17(22-14(19)21)9-13(20)10-17/h5-8,13,20H,9-10H2,1-4H3,(H2,19,21). The van der Waals surface area contributed by atoms with Gasteiger partial charge in [-0.25, -0.2) is 4.79 Å². The Hall–Kier alpha value is -1.57. The highest BCUT2D eigenvalue weighted by atomic mass is 16.7. The summed E-state index contributed by atoms with van der Waals surface area (Å²) in [4.78, 5) is 11.2. The van der Waals surface area contributed by atoms with Crippen LogP contribution in [0.1, 0.15) is 46.1 Å². The summed E-state index contributed by atoms with van der Waals surface area (Å²) < 4.78 is 17.3. The van der Waals surface area contributed by atoms with Gasteiger partial charge in [0.1, 0.15) is 5.60 Å². The Labute approximate surface area is 142 Å². The van der Waals surface area contributed by atoms with Gasteiger partial charge in [0.05, 0.1) is 17.3 Å². The number of nitrogens with two attached hydrogens (primary N) is 1. The van der Waals surface area contributed by atoms with Crippen LogP contribution in [0.4, 0.5) is 4.79 Å². The van der Waals surface area contributed by atoms with E-state index in [1.165, 1.54) is 0 Å². The van der Waals surface area contributed by atoms with Gasteiger partial charge in [-0.2, -0.15) is 0 Å². The molecular formula is C17H24BNO5. The van der Waals surface area contributed by atoms with E-state index in [0.717, 1.165) is 11.0 Å². The van der Waals surface area contributed by atoms with E-state index in [-0.39, 0.29) is 0 Å². The van der Waals surface area contributed by atoms with Crippen LogP contribution in [-0.4, -0.2) is 35.6 Å². The Morgan fingerprint density at radius 1 is 1.17 bits per heavy atom. The number of carbonyl (C=O) groups is 1. The van der Waals surface area contributed by atoms with Crippen molar-refractivity contribution in [1.29, 1.82) is 0 Å². The van der Waals surface area contributed by atoms with Gasteiger partial charge in [-0.05, 0) is 38.7 Å². The molecule has 7 heteroatoms. The van der Waals surface area contributed by atoms with E-state index in [1.54, 1.807) is 0 Å². The quantitative estimate of drug-likeness (QED) is 0.817. The van der Waals surface area contributed by atoms with Crippen LogP contribution in [0, 0.1) is 0 Å². The van der Waals surface area contributed by atoms with Gasteiger partial charge in [-0.1, -0.05) is 24.3 Å². The van der Waals surface area contributed by atoms with E-state index < -0.39 is 36.1 Å². The Morgan fingerprint density at radius 3 is 2.08 bits per heavy atom. The molecule has 1 saturated heterocycles. The fourth-order valence-corrected chi connectivity index (χ4v) is 3.20. The maximum atomic E-state index is 11.2. The van der Waals surface area contributed by atoms with Crippen molar-refractivity contribution in [1.82, 2.24) is 0 Å². The minimum Gasteiger partial charge on any atom is -0.438 e. The van der Waals surface area contributed by atoms with E-state index in [4.69, 9.17) is 19.8 Å². The molecule has 1 amide bonds. The molecule has 2 fully saturated rings. The summed E-state index contributed by atoms with van der Waals surface area (Å²) in [5, 5.41) is 9.63. The number of amides is 1. The molecule has 6 nitrogen and oxygen atoms in total. The zero-order chi connectivity index (χ0) is 17.8. The van der Waals surface area contributed by atoms with Crippen molar-refractivity contribution in [3.8, 4) is 0 Å². The minimum absolute atomic E-state index is 0.353. The molecule has 24 heavy (non-hydrogen) atoms. The number of aliphatic hydroxyl groups excluding tert-OH is 1. The molecular weight excluding hydrogens is 309 g/mol. The number of carbonyl (C=O) groups excluding carboxylic acids is 1. The average molecular weight is 333 g/mol. The third kappa shape index (κ3) is 2.81. The monoisotopic (exact) mass is 333 g/mol. The van der Waals surface area contributed by atoms with Gasteiger partial charge in [0.15, 0.2) is 0 Å². The van der Waals surface area contributed by atoms with E-state index in [1.807, 2.05) is 52.0 Å². The second-order valence-electron chi connectivity index (χ2n) is 7.69. The van der Waals surface area contributed by atoms with E-state index >= 15 is 0 Å². The fraction of sp³-hybridized carbons (Fsp3) is 0.588. The summed E-state index contributed by atoms with van der Waals surface area (Å²) in [6, 6.07) is 7.53. The Morgan fingerprint density at radius 2 is 1.67 bits per heavy atom. The topological polar surface area (TPSA) is 91.0 Å². The van der Waals surface area contributed by atoms with Gasteiger partial charge in [-0.3, -0.25) is 0 Å². The number of ether oxygens (including phenoxy) is 1. The first-order valence-electron chi connectivity index (χ1n) is 8.17. The van der Waals surface area contributed by atoms with Crippen molar-refractivity contribution in [3.63, 3.8) is 0 Å². The molecule has 3 rings (SSSR count). The first-order valence-corrected chi connectivity index (χ1v) is 8.17. The van der Waals surface area contributed by atoms with E-state index in [0.29, 0.717) is 12.8 Å². The second kappa shape index (κ2) is 5.47. The Kier molecular flexibility index (Phi) is 3.94. The third-order valence-electron chi connectivity index (χ3n) is 5.39. The molecule has 1 aliphatic carbocycles. The second-order valence-corrected chi connectivity index (χ2v) is 7.69. The predicted octanol–water partition coefficient (Wildman–Crippen LogP) is 1.43. The number of benzene rings is 1. The summed E-state index contributed by atoms with van der Waals surface area (Å²) in [6.07, 6.45) is -0.610. The lowest BCUT2D eigenvalue weighted by molar-refractivity contribution is -0.120. The van der Waals surface area contributed by atoms with Crippen LogP contribution in [0.3, 0.4) is 0 Å². The smallest absolute Gasteiger partial charge is 0.438 e. The molecule has 3 N–H and O–H groups in total. The van der Waals surface area contributed by atoms with Crippen molar-refractivity contribution in [2.24, 2.45) is 5.73 Å². The van der Waals surface area contributed by atoms with Crippen LogP contribution in [0.15, 0.2) is 24.3 Å². The Bertz CT molecular complexity index is 621. The maximum absolute atomic E-state index is 11.2. The first kappa shape index (κ1) is 17.3. The van der Waals surface area contributed by atoms with Crippen LogP contribution < -0.4 is 11.2 Å². The lowest BCUT2D eigenvalue weighted by atomic mass is 9.71. The van der Waals surface area contributed by atoms with Crippen LogP contribution in [-0.2, 0) is 19.6 Å². The number of hydrogen-bond acceptors (Lipinski definition) is 5. The van der Waals surface area contributed by atoms with Crippen LogP contribution >= 0.6 is 0 Å². The number of rotatable bonds is 3. The average Bonchev–Trinajstić information content (AvgIpc) is 2.65. The molecule has 0 spiro atoms.